The maximum absolute atomic E-state index is 11.3. The van der Waals surface area contributed by atoms with E-state index in [4.69, 9.17) is 0 Å². The summed E-state index contributed by atoms with van der Waals surface area (Å²) >= 11 is -0.815. The molecule has 0 radical (unpaired) electrons. The Hall–Kier alpha value is 0.270. The van der Waals surface area contributed by atoms with E-state index >= 15 is 0 Å². The molecule has 0 saturated heterocycles. The molecule has 0 heterocycles. The van der Waals surface area contributed by atoms with E-state index in [1.54, 1.807) is 0 Å². The highest BCUT2D eigenvalue weighted by Gasteiger charge is 2.07. The van der Waals surface area contributed by atoms with Gasteiger partial charge in [0.2, 0.25) is 0 Å². The molecule has 0 aliphatic rings. The van der Waals surface area contributed by atoms with Gasteiger partial charge in [-0.05, 0) is 24.7 Å². The van der Waals surface area contributed by atoms with Crippen molar-refractivity contribution in [2.24, 2.45) is 11.8 Å². The predicted octanol–water partition coefficient (Wildman–Crippen LogP) is 2.33. The van der Waals surface area contributed by atoms with Crippen LogP contribution in [0.5, 0.6) is 0 Å². The molecule has 0 aromatic heterocycles. The van der Waals surface area contributed by atoms with Gasteiger partial charge < -0.3 is 4.55 Å². The summed E-state index contributed by atoms with van der Waals surface area (Å²) in [6.45, 7) is 9.50. The Bertz CT molecular complexity index is 117. The van der Waals surface area contributed by atoms with Crippen molar-refractivity contribution in [3.8, 4) is 0 Å². The summed E-state index contributed by atoms with van der Waals surface area (Å²) in [5.74, 6) is 2.03. The van der Waals surface area contributed by atoms with E-state index in [1.165, 1.54) is 6.42 Å². The van der Waals surface area contributed by atoms with Gasteiger partial charge in [-0.3, -0.25) is 0 Å². The van der Waals surface area contributed by atoms with Gasteiger partial charge in [-0.25, -0.2) is 0 Å². The van der Waals surface area contributed by atoms with Gasteiger partial charge in [0.15, 0.2) is 0 Å². The van der Waals surface area contributed by atoms with E-state index in [1.807, 2.05) is 0 Å². The van der Waals surface area contributed by atoms with Gasteiger partial charge in [-0.15, -0.1) is 4.72 Å². The summed E-state index contributed by atoms with van der Waals surface area (Å²) in [4.78, 5) is 0. The monoisotopic (exact) mass is 205 g/mol. The molecule has 1 atom stereocenters. The van der Waals surface area contributed by atoms with Crippen molar-refractivity contribution < 1.29 is 4.55 Å². The lowest BCUT2D eigenvalue weighted by Crippen LogP contribution is -2.29. The zero-order valence-electron chi connectivity index (χ0n) is 9.30. The van der Waals surface area contributed by atoms with E-state index in [0.717, 1.165) is 24.6 Å². The largest absolute Gasteiger partial charge is 0.598 e. The Labute approximate surface area is 85.8 Å². The van der Waals surface area contributed by atoms with Gasteiger partial charge in [-0.2, -0.15) is 0 Å². The molecule has 0 bridgehead atoms. The molecule has 13 heavy (non-hydrogen) atoms. The van der Waals surface area contributed by atoms with Crippen LogP contribution in [0.3, 0.4) is 0 Å². The van der Waals surface area contributed by atoms with E-state index in [9.17, 15) is 4.55 Å². The van der Waals surface area contributed by atoms with Crippen LogP contribution in [0.4, 0.5) is 0 Å². The molecule has 0 aromatic rings. The molecule has 0 amide bonds. The first-order valence-electron chi connectivity index (χ1n) is 5.14. The van der Waals surface area contributed by atoms with Gasteiger partial charge in [0.25, 0.3) is 0 Å². The van der Waals surface area contributed by atoms with Gasteiger partial charge >= 0.3 is 0 Å². The van der Waals surface area contributed by atoms with Gasteiger partial charge in [0.05, 0.1) is 0 Å². The fourth-order valence-corrected chi connectivity index (χ4v) is 2.15. The number of nitrogens with one attached hydrogen (secondary N) is 1. The maximum Gasteiger partial charge on any atom is 0.127 e. The molecule has 1 unspecified atom stereocenters. The molecule has 1 N–H and O–H groups in total. The van der Waals surface area contributed by atoms with Crippen molar-refractivity contribution in [1.29, 1.82) is 0 Å². The zero-order chi connectivity index (χ0) is 10.3. The van der Waals surface area contributed by atoms with Crippen LogP contribution in [0.15, 0.2) is 0 Å². The van der Waals surface area contributed by atoms with Crippen LogP contribution in [0.1, 0.15) is 40.5 Å². The molecule has 0 spiro atoms. The molecule has 0 fully saturated rings. The summed E-state index contributed by atoms with van der Waals surface area (Å²) in [6, 6.07) is 0. The van der Waals surface area contributed by atoms with Gasteiger partial charge in [-0.1, -0.05) is 27.7 Å². The van der Waals surface area contributed by atoms with Gasteiger partial charge in [0.1, 0.15) is 5.75 Å². The molecule has 0 aromatic carbocycles. The van der Waals surface area contributed by atoms with Crippen LogP contribution in [-0.4, -0.2) is 16.9 Å². The smallest absolute Gasteiger partial charge is 0.127 e. The van der Waals surface area contributed by atoms with Crippen molar-refractivity contribution in [3.05, 3.63) is 0 Å². The quantitative estimate of drug-likeness (QED) is 0.511. The fraction of sp³-hybridized carbons (Fsp3) is 1.00. The van der Waals surface area contributed by atoms with E-state index in [2.05, 4.69) is 32.4 Å². The average molecular weight is 205 g/mol. The molecule has 0 saturated carbocycles. The molecular formula is C10H23NOS. The summed E-state index contributed by atoms with van der Waals surface area (Å²) in [5, 5.41) is 0. The Kier molecular flexibility index (Phi) is 7.81. The Morgan fingerprint density at radius 2 is 1.77 bits per heavy atom. The SMILES string of the molecule is CC(C)CCCN[S+]([O-])CC(C)C. The number of rotatable bonds is 7. The lowest BCUT2D eigenvalue weighted by Gasteiger charge is -2.13. The normalized spacial score (nSPS) is 14.1. The minimum Gasteiger partial charge on any atom is -0.598 e. The number of hydrogen-bond acceptors (Lipinski definition) is 2. The lowest BCUT2D eigenvalue weighted by molar-refractivity contribution is 0.535. The average Bonchev–Trinajstić information content (AvgIpc) is 1.96. The summed E-state index contributed by atoms with van der Waals surface area (Å²) < 4.78 is 14.3. The third-order valence-corrected chi connectivity index (χ3v) is 3.20. The third-order valence-electron chi connectivity index (χ3n) is 1.71. The molecule has 3 heteroatoms. The van der Waals surface area contributed by atoms with Crippen LogP contribution < -0.4 is 4.72 Å². The van der Waals surface area contributed by atoms with Crippen molar-refractivity contribution in [2.75, 3.05) is 12.3 Å². The molecular weight excluding hydrogens is 182 g/mol. The fourth-order valence-electron chi connectivity index (χ4n) is 1.06. The standard InChI is InChI=1S/C10H23NOS/c1-9(2)6-5-7-11-13(12)8-10(3)4/h9-11H,5-8H2,1-4H3. The van der Waals surface area contributed by atoms with Crippen molar-refractivity contribution in [2.45, 2.75) is 40.5 Å². The first-order valence-corrected chi connectivity index (χ1v) is 6.46. The third kappa shape index (κ3) is 10.2. The molecule has 0 aliphatic carbocycles. The van der Waals surface area contributed by atoms with E-state index in [0.29, 0.717) is 5.92 Å². The topological polar surface area (TPSA) is 35.1 Å². The lowest BCUT2D eigenvalue weighted by atomic mass is 10.1. The van der Waals surface area contributed by atoms with E-state index < -0.39 is 11.4 Å². The van der Waals surface area contributed by atoms with Crippen LogP contribution in [0, 0.1) is 11.8 Å². The van der Waals surface area contributed by atoms with Crippen LogP contribution in [-0.2, 0) is 11.4 Å². The second kappa shape index (κ2) is 7.65. The highest BCUT2D eigenvalue weighted by Crippen LogP contribution is 2.03. The van der Waals surface area contributed by atoms with E-state index in [-0.39, 0.29) is 0 Å². The highest BCUT2D eigenvalue weighted by molar-refractivity contribution is 7.89. The first-order chi connectivity index (χ1) is 6.02. The Morgan fingerprint density at radius 1 is 1.15 bits per heavy atom. The number of hydrogen-bond donors (Lipinski definition) is 1. The summed E-state index contributed by atoms with van der Waals surface area (Å²) in [6.07, 6.45) is 2.34. The molecule has 0 aliphatic heterocycles. The molecule has 80 valence electrons. The maximum atomic E-state index is 11.3. The van der Waals surface area contributed by atoms with Gasteiger partial charge in [0, 0.05) is 17.9 Å². The minimum atomic E-state index is -0.815. The minimum absolute atomic E-state index is 0.512. The summed E-state index contributed by atoms with van der Waals surface area (Å²) in [5.41, 5.74) is 0. The molecule has 2 nitrogen and oxygen atoms in total. The Morgan fingerprint density at radius 3 is 2.23 bits per heavy atom. The Balaban J connectivity index is 3.22. The first kappa shape index (κ1) is 13.3. The van der Waals surface area contributed by atoms with Crippen molar-refractivity contribution >= 4 is 11.4 Å². The summed E-state index contributed by atoms with van der Waals surface area (Å²) in [7, 11) is 0. The second-order valence-electron chi connectivity index (χ2n) is 4.34. The van der Waals surface area contributed by atoms with Crippen molar-refractivity contribution in [3.63, 3.8) is 0 Å². The van der Waals surface area contributed by atoms with Crippen LogP contribution in [0.2, 0.25) is 0 Å². The zero-order valence-corrected chi connectivity index (χ0v) is 10.1. The predicted molar refractivity (Wildman–Crippen MR) is 59.9 cm³/mol. The van der Waals surface area contributed by atoms with Crippen LogP contribution >= 0.6 is 0 Å². The second-order valence-corrected chi connectivity index (χ2v) is 5.65. The van der Waals surface area contributed by atoms with Crippen LogP contribution in [0.25, 0.3) is 0 Å². The highest BCUT2D eigenvalue weighted by atomic mass is 32.2. The van der Waals surface area contributed by atoms with Crippen molar-refractivity contribution in [1.82, 2.24) is 4.72 Å². The molecule has 0 rings (SSSR count).